The summed E-state index contributed by atoms with van der Waals surface area (Å²) in [5.41, 5.74) is 8.20. The summed E-state index contributed by atoms with van der Waals surface area (Å²) in [7, 11) is 0. The number of furan rings is 1. The number of aromatic carboxylic acids is 1. The molecule has 0 aliphatic heterocycles. The average molecular weight is 461 g/mol. The number of carboxylic acid groups (broad SMARTS) is 1. The quantitative estimate of drug-likeness (QED) is 0.336. The van der Waals surface area contributed by atoms with Crippen LogP contribution in [0.1, 0.15) is 28.9 Å². The number of carboxylic acids is 1. The van der Waals surface area contributed by atoms with Crippen LogP contribution < -0.4 is 10.5 Å². The molecule has 0 spiro atoms. The number of ether oxygens (including phenoxy) is 1. The van der Waals surface area contributed by atoms with Crippen molar-refractivity contribution in [3.05, 3.63) is 75.8 Å². The summed E-state index contributed by atoms with van der Waals surface area (Å²) in [5.74, 6) is -1.40. The van der Waals surface area contributed by atoms with Crippen LogP contribution in [-0.2, 0) is 0 Å². The van der Waals surface area contributed by atoms with E-state index >= 15 is 0 Å². The van der Waals surface area contributed by atoms with Crippen LogP contribution in [-0.4, -0.2) is 16.1 Å². The number of hydrogen-bond acceptors (Lipinski definition) is 5. The number of nitrogens with zero attached hydrogens (tertiary/aromatic N) is 1. The van der Waals surface area contributed by atoms with E-state index in [1.165, 1.54) is 36.7 Å². The molecule has 9 heteroatoms. The van der Waals surface area contributed by atoms with Crippen LogP contribution in [0.25, 0.3) is 22.1 Å². The Kier molecular flexibility index (Phi) is 5.47. The Morgan fingerprint density at radius 3 is 2.61 bits per heavy atom. The smallest absolute Gasteiger partial charge is 0.335 e. The normalized spacial score (nSPS) is 12.1. The van der Waals surface area contributed by atoms with Crippen LogP contribution in [0.4, 0.5) is 10.2 Å². The summed E-state index contributed by atoms with van der Waals surface area (Å²) < 4.78 is 25.6. The Morgan fingerprint density at radius 1 is 1.23 bits per heavy atom. The van der Waals surface area contributed by atoms with E-state index in [4.69, 9.17) is 43.2 Å². The van der Waals surface area contributed by atoms with E-state index < -0.39 is 17.9 Å². The minimum atomic E-state index is -1.02. The lowest BCUT2D eigenvalue weighted by Gasteiger charge is -2.18. The highest BCUT2D eigenvalue weighted by Gasteiger charge is 2.23. The van der Waals surface area contributed by atoms with Crippen molar-refractivity contribution in [2.75, 3.05) is 5.73 Å². The topological polar surface area (TPSA) is 98.6 Å². The highest BCUT2D eigenvalue weighted by Crippen LogP contribution is 2.41. The Labute approximate surface area is 186 Å². The summed E-state index contributed by atoms with van der Waals surface area (Å²) in [6, 6.07) is 8.89. The molecule has 0 fully saturated rings. The molecule has 1 atom stereocenters. The second kappa shape index (κ2) is 8.09. The van der Waals surface area contributed by atoms with Crippen molar-refractivity contribution in [3.63, 3.8) is 0 Å². The first kappa shape index (κ1) is 21.0. The van der Waals surface area contributed by atoms with Gasteiger partial charge in [-0.25, -0.2) is 14.2 Å². The van der Waals surface area contributed by atoms with E-state index in [0.717, 1.165) is 5.56 Å². The minimum absolute atomic E-state index is 0.0742. The van der Waals surface area contributed by atoms with Crippen LogP contribution >= 0.6 is 23.2 Å². The van der Waals surface area contributed by atoms with Gasteiger partial charge in [-0.3, -0.25) is 0 Å². The van der Waals surface area contributed by atoms with E-state index in [0.29, 0.717) is 16.5 Å². The maximum atomic E-state index is 13.9. The van der Waals surface area contributed by atoms with Gasteiger partial charge in [0.05, 0.1) is 22.2 Å². The Hall–Kier alpha value is -3.29. The third-order valence-electron chi connectivity index (χ3n) is 4.82. The van der Waals surface area contributed by atoms with Crippen molar-refractivity contribution >= 4 is 46.0 Å². The first-order valence-corrected chi connectivity index (χ1v) is 9.83. The number of halogens is 3. The molecule has 4 aromatic rings. The SMILES string of the molecule is CC(Oc1c(N)ncc2c(-c3ccc(C(=O)O)cc3)coc12)c1c(Cl)ccc(F)c1Cl. The van der Waals surface area contributed by atoms with Gasteiger partial charge in [-0.2, -0.15) is 0 Å². The van der Waals surface area contributed by atoms with Crippen molar-refractivity contribution < 1.29 is 23.4 Å². The van der Waals surface area contributed by atoms with E-state index in [1.807, 2.05) is 0 Å². The van der Waals surface area contributed by atoms with E-state index in [-0.39, 0.29) is 32.7 Å². The van der Waals surface area contributed by atoms with Gasteiger partial charge in [-0.15, -0.1) is 0 Å². The molecule has 158 valence electrons. The van der Waals surface area contributed by atoms with Gasteiger partial charge in [0.15, 0.2) is 11.4 Å². The summed E-state index contributed by atoms with van der Waals surface area (Å²) in [6.07, 6.45) is 2.28. The van der Waals surface area contributed by atoms with Crippen LogP contribution in [0.2, 0.25) is 10.0 Å². The number of rotatable bonds is 5. The second-order valence-electron chi connectivity index (χ2n) is 6.76. The molecule has 31 heavy (non-hydrogen) atoms. The van der Waals surface area contributed by atoms with E-state index in [9.17, 15) is 9.18 Å². The zero-order valence-electron chi connectivity index (χ0n) is 16.0. The predicted octanol–water partition coefficient (Wildman–Crippen LogP) is 6.36. The second-order valence-corrected chi connectivity index (χ2v) is 7.55. The van der Waals surface area contributed by atoms with E-state index in [2.05, 4.69) is 4.98 Å². The fourth-order valence-corrected chi connectivity index (χ4v) is 3.94. The van der Waals surface area contributed by atoms with Gasteiger partial charge < -0.3 is 20.0 Å². The van der Waals surface area contributed by atoms with Gasteiger partial charge in [-0.1, -0.05) is 35.3 Å². The Morgan fingerprint density at radius 2 is 1.94 bits per heavy atom. The van der Waals surface area contributed by atoms with Crippen LogP contribution in [0.5, 0.6) is 5.75 Å². The molecule has 0 saturated carbocycles. The minimum Gasteiger partial charge on any atom is -0.478 e. The molecule has 0 aliphatic carbocycles. The first-order valence-electron chi connectivity index (χ1n) is 9.07. The number of fused-ring (bicyclic) bond motifs is 1. The fraction of sp³-hybridized carbons (Fsp3) is 0.0909. The van der Waals surface area contributed by atoms with Gasteiger partial charge in [0.2, 0.25) is 5.75 Å². The lowest BCUT2D eigenvalue weighted by molar-refractivity contribution is 0.0697. The van der Waals surface area contributed by atoms with Crippen LogP contribution in [0, 0.1) is 5.82 Å². The van der Waals surface area contributed by atoms with Crippen molar-refractivity contribution in [2.24, 2.45) is 0 Å². The molecule has 1 unspecified atom stereocenters. The number of pyridine rings is 1. The average Bonchev–Trinajstić information content (AvgIpc) is 3.17. The monoisotopic (exact) mass is 460 g/mol. The van der Waals surface area contributed by atoms with Gasteiger partial charge in [0, 0.05) is 22.3 Å². The van der Waals surface area contributed by atoms with E-state index in [1.54, 1.807) is 19.1 Å². The summed E-state index contributed by atoms with van der Waals surface area (Å²) in [5, 5.41) is 9.79. The fourth-order valence-electron chi connectivity index (χ4n) is 3.26. The number of nitrogens with two attached hydrogens (primary N) is 1. The molecule has 6 nitrogen and oxygen atoms in total. The highest BCUT2D eigenvalue weighted by molar-refractivity contribution is 6.36. The molecule has 0 aliphatic rings. The molecule has 0 amide bonds. The van der Waals surface area contributed by atoms with Gasteiger partial charge >= 0.3 is 5.97 Å². The largest absolute Gasteiger partial charge is 0.478 e. The number of carbonyl (C=O) groups is 1. The molecule has 2 heterocycles. The zero-order valence-corrected chi connectivity index (χ0v) is 17.5. The molecule has 4 rings (SSSR count). The molecule has 0 bridgehead atoms. The number of anilines is 1. The molecule has 3 N–H and O–H groups in total. The van der Waals surface area contributed by atoms with Crippen molar-refractivity contribution in [1.29, 1.82) is 0 Å². The zero-order chi connectivity index (χ0) is 22.3. The Balaban J connectivity index is 1.75. The molecule has 2 aromatic carbocycles. The van der Waals surface area contributed by atoms with Crippen molar-refractivity contribution in [3.8, 4) is 16.9 Å². The lowest BCUT2D eigenvalue weighted by Crippen LogP contribution is -2.08. The summed E-state index contributed by atoms with van der Waals surface area (Å²) in [4.78, 5) is 15.3. The maximum Gasteiger partial charge on any atom is 0.335 e. The molecular formula is C22H15Cl2FN2O4. The summed E-state index contributed by atoms with van der Waals surface area (Å²) in [6.45, 7) is 1.65. The lowest BCUT2D eigenvalue weighted by atomic mass is 10.0. The van der Waals surface area contributed by atoms with Crippen LogP contribution in [0.15, 0.2) is 53.3 Å². The molecular weight excluding hydrogens is 446 g/mol. The third-order valence-corrected chi connectivity index (χ3v) is 5.54. The number of nitrogen functional groups attached to an aromatic ring is 1. The number of aromatic nitrogens is 1. The third kappa shape index (κ3) is 3.78. The summed E-state index contributed by atoms with van der Waals surface area (Å²) >= 11 is 12.3. The van der Waals surface area contributed by atoms with Crippen molar-refractivity contribution in [2.45, 2.75) is 13.0 Å². The standard InChI is InChI=1S/C22H15Cl2FN2O4/c1-10(17-15(23)6-7-16(25)18(17)24)31-20-19-13(8-27-21(20)26)14(9-30-19)11-2-4-12(5-3-11)22(28)29/h2-10H,1H3,(H2,26,27)(H,28,29). The Bertz CT molecular complexity index is 1310. The molecule has 2 aromatic heterocycles. The van der Waals surface area contributed by atoms with Gasteiger partial charge in [0.25, 0.3) is 0 Å². The maximum absolute atomic E-state index is 13.9. The van der Waals surface area contributed by atoms with Gasteiger partial charge in [-0.05, 0) is 36.8 Å². The van der Waals surface area contributed by atoms with Crippen LogP contribution in [0.3, 0.4) is 0 Å². The molecule has 0 saturated heterocycles. The first-order chi connectivity index (χ1) is 14.8. The predicted molar refractivity (Wildman–Crippen MR) is 116 cm³/mol. The van der Waals surface area contributed by atoms with Crippen molar-refractivity contribution in [1.82, 2.24) is 4.98 Å². The van der Waals surface area contributed by atoms with Gasteiger partial charge in [0.1, 0.15) is 11.9 Å². The molecule has 0 radical (unpaired) electrons. The number of benzene rings is 2. The highest BCUT2D eigenvalue weighted by atomic mass is 35.5. The number of hydrogen-bond donors (Lipinski definition) is 2.